The van der Waals surface area contributed by atoms with Crippen LogP contribution in [0.4, 0.5) is 18.9 Å². The predicted molar refractivity (Wildman–Crippen MR) is 72.7 cm³/mol. The molecule has 4 nitrogen and oxygen atoms in total. The van der Waals surface area contributed by atoms with Crippen LogP contribution in [0.25, 0.3) is 0 Å². The number of halogens is 4. The molecule has 0 radical (unpaired) electrons. The molecule has 8 heteroatoms. The van der Waals surface area contributed by atoms with E-state index in [9.17, 15) is 13.2 Å². The number of nitrogens with zero attached hydrogens (tertiary/aromatic N) is 1. The van der Waals surface area contributed by atoms with Crippen molar-refractivity contribution in [3.8, 4) is 0 Å². The van der Waals surface area contributed by atoms with Gasteiger partial charge in [0, 0.05) is 11.0 Å². The van der Waals surface area contributed by atoms with E-state index >= 15 is 0 Å². The summed E-state index contributed by atoms with van der Waals surface area (Å²) in [7, 11) is 0. The number of benzene rings is 1. The summed E-state index contributed by atoms with van der Waals surface area (Å²) >= 11 is 3.02. The Morgan fingerprint density at radius 3 is 2.63 bits per heavy atom. The number of hydrogen-bond acceptors (Lipinski definition) is 2. The lowest BCUT2D eigenvalue weighted by Gasteiger charge is -2.15. The summed E-state index contributed by atoms with van der Waals surface area (Å²) in [5.74, 6) is 5.31. The maximum Gasteiger partial charge on any atom is 0.418 e. The van der Waals surface area contributed by atoms with Crippen molar-refractivity contribution in [2.24, 2.45) is 10.8 Å². The van der Waals surface area contributed by atoms with Gasteiger partial charge in [0.2, 0.25) is 5.96 Å². The number of anilines is 1. The van der Waals surface area contributed by atoms with Crippen LogP contribution >= 0.6 is 15.9 Å². The Kier molecular flexibility index (Phi) is 5.61. The van der Waals surface area contributed by atoms with Crippen molar-refractivity contribution < 1.29 is 13.2 Å². The molecule has 0 aliphatic heterocycles. The van der Waals surface area contributed by atoms with E-state index in [1.54, 1.807) is 0 Å². The lowest BCUT2D eigenvalue weighted by Crippen LogP contribution is -2.37. The molecule has 106 valence electrons. The van der Waals surface area contributed by atoms with Crippen LogP contribution in [0.1, 0.15) is 18.9 Å². The van der Waals surface area contributed by atoms with Crippen molar-refractivity contribution in [3.63, 3.8) is 0 Å². The predicted octanol–water partition coefficient (Wildman–Crippen LogP) is 3.11. The highest BCUT2D eigenvalue weighted by molar-refractivity contribution is 9.10. The van der Waals surface area contributed by atoms with E-state index in [1.807, 2.05) is 6.92 Å². The average Bonchev–Trinajstić information content (AvgIpc) is 2.34. The van der Waals surface area contributed by atoms with Gasteiger partial charge < -0.3 is 5.32 Å². The second kappa shape index (κ2) is 6.76. The lowest BCUT2D eigenvalue weighted by atomic mass is 10.1. The number of nitrogens with one attached hydrogen (secondary N) is 2. The zero-order chi connectivity index (χ0) is 14.5. The van der Waals surface area contributed by atoms with Crippen LogP contribution in [-0.4, -0.2) is 12.5 Å². The smallest absolute Gasteiger partial charge is 0.325 e. The summed E-state index contributed by atoms with van der Waals surface area (Å²) in [5.41, 5.74) is 1.34. The summed E-state index contributed by atoms with van der Waals surface area (Å²) in [5, 5.41) is 2.54. The summed E-state index contributed by atoms with van der Waals surface area (Å²) < 4.78 is 39.0. The quantitative estimate of drug-likeness (QED) is 0.343. The van der Waals surface area contributed by atoms with E-state index in [0.29, 0.717) is 11.0 Å². The van der Waals surface area contributed by atoms with Crippen molar-refractivity contribution in [1.82, 2.24) is 5.43 Å². The molecule has 0 unspecified atom stereocenters. The van der Waals surface area contributed by atoms with Gasteiger partial charge >= 0.3 is 6.18 Å². The van der Waals surface area contributed by atoms with Gasteiger partial charge in [-0.15, -0.1) is 0 Å². The number of hydrazine groups is 1. The minimum Gasteiger partial charge on any atom is -0.325 e. The van der Waals surface area contributed by atoms with Gasteiger partial charge in [-0.2, -0.15) is 13.2 Å². The summed E-state index contributed by atoms with van der Waals surface area (Å²) in [4.78, 5) is 3.99. The summed E-state index contributed by atoms with van der Waals surface area (Å²) in [6.45, 7) is 2.36. The first-order valence-electron chi connectivity index (χ1n) is 5.53. The number of nitrogens with two attached hydrogens (primary N) is 1. The van der Waals surface area contributed by atoms with Gasteiger partial charge in [0.25, 0.3) is 0 Å². The maximum absolute atomic E-state index is 12.9. The molecule has 0 aromatic heterocycles. The molecule has 1 aromatic rings. The molecule has 0 aliphatic carbocycles. The molecule has 0 heterocycles. The molecule has 0 amide bonds. The van der Waals surface area contributed by atoms with E-state index < -0.39 is 11.7 Å². The van der Waals surface area contributed by atoms with Gasteiger partial charge in [-0.25, -0.2) is 5.84 Å². The third-order valence-corrected chi connectivity index (χ3v) is 2.66. The molecule has 0 saturated carbocycles. The van der Waals surface area contributed by atoms with E-state index in [-0.39, 0.29) is 11.6 Å². The molecule has 1 aromatic carbocycles. The molecule has 0 spiro atoms. The monoisotopic (exact) mass is 338 g/mol. The second-order valence-corrected chi connectivity index (χ2v) is 4.60. The third kappa shape index (κ3) is 4.71. The zero-order valence-corrected chi connectivity index (χ0v) is 11.8. The molecule has 1 rings (SSSR count). The minimum absolute atomic E-state index is 0.0923. The highest BCUT2D eigenvalue weighted by Gasteiger charge is 2.34. The largest absolute Gasteiger partial charge is 0.418 e. The fourth-order valence-electron chi connectivity index (χ4n) is 1.33. The van der Waals surface area contributed by atoms with Crippen molar-refractivity contribution >= 4 is 27.6 Å². The maximum atomic E-state index is 12.9. The first-order chi connectivity index (χ1) is 8.88. The molecule has 0 bridgehead atoms. The van der Waals surface area contributed by atoms with Crippen LogP contribution in [0.15, 0.2) is 27.7 Å². The van der Waals surface area contributed by atoms with Crippen molar-refractivity contribution in [2.75, 3.05) is 11.9 Å². The fourth-order valence-corrected chi connectivity index (χ4v) is 1.69. The van der Waals surface area contributed by atoms with Crippen LogP contribution in [0, 0.1) is 0 Å². The Morgan fingerprint density at radius 1 is 1.42 bits per heavy atom. The normalized spacial score (nSPS) is 12.4. The highest BCUT2D eigenvalue weighted by atomic mass is 79.9. The van der Waals surface area contributed by atoms with Crippen molar-refractivity contribution in [3.05, 3.63) is 28.2 Å². The number of alkyl halides is 3. The van der Waals surface area contributed by atoms with Gasteiger partial charge in [-0.05, 0) is 24.6 Å². The van der Waals surface area contributed by atoms with E-state index in [2.05, 4.69) is 31.7 Å². The topological polar surface area (TPSA) is 62.4 Å². The van der Waals surface area contributed by atoms with Crippen molar-refractivity contribution in [2.45, 2.75) is 19.5 Å². The molecular weight excluding hydrogens is 325 g/mol. The standard InChI is InChI=1S/C11H14BrF3N4/c1-2-5-17-10(19-16)18-9-4-3-7(12)6-8(9)11(13,14)15/h3-4,6H,2,5,16H2,1H3,(H2,17,18,19). The highest BCUT2D eigenvalue weighted by Crippen LogP contribution is 2.36. The van der Waals surface area contributed by atoms with E-state index in [1.165, 1.54) is 12.1 Å². The molecule has 0 saturated heterocycles. The zero-order valence-electron chi connectivity index (χ0n) is 10.2. The van der Waals surface area contributed by atoms with Gasteiger partial charge in [0.05, 0.1) is 11.3 Å². The second-order valence-electron chi connectivity index (χ2n) is 3.69. The molecule has 0 atom stereocenters. The Morgan fingerprint density at radius 2 is 2.11 bits per heavy atom. The average molecular weight is 339 g/mol. The first-order valence-corrected chi connectivity index (χ1v) is 6.32. The van der Waals surface area contributed by atoms with Gasteiger partial charge in [-0.3, -0.25) is 10.4 Å². The van der Waals surface area contributed by atoms with Crippen molar-refractivity contribution in [1.29, 1.82) is 0 Å². The molecule has 4 N–H and O–H groups in total. The summed E-state index contributed by atoms with van der Waals surface area (Å²) in [6, 6.07) is 3.81. The van der Waals surface area contributed by atoms with Gasteiger partial charge in [0.1, 0.15) is 0 Å². The number of rotatable bonds is 3. The minimum atomic E-state index is -4.46. The molecular formula is C11H14BrF3N4. The summed E-state index contributed by atoms with van der Waals surface area (Å²) in [6.07, 6.45) is -3.70. The van der Waals surface area contributed by atoms with E-state index in [4.69, 9.17) is 5.84 Å². The number of guanidine groups is 1. The Bertz CT molecular complexity index is 460. The Labute approximate surface area is 117 Å². The van der Waals surface area contributed by atoms with Gasteiger partial charge in [0.15, 0.2) is 0 Å². The van der Waals surface area contributed by atoms with Crippen LogP contribution in [0.2, 0.25) is 0 Å². The lowest BCUT2D eigenvalue weighted by molar-refractivity contribution is -0.136. The van der Waals surface area contributed by atoms with Crippen LogP contribution < -0.4 is 16.6 Å². The molecule has 0 fully saturated rings. The van der Waals surface area contributed by atoms with Crippen LogP contribution in [0.3, 0.4) is 0 Å². The number of aliphatic imine (C=N–C) groups is 1. The van der Waals surface area contributed by atoms with Crippen LogP contribution in [0.5, 0.6) is 0 Å². The molecule has 19 heavy (non-hydrogen) atoms. The Balaban J connectivity index is 3.06. The fraction of sp³-hybridized carbons (Fsp3) is 0.364. The number of hydrogen-bond donors (Lipinski definition) is 3. The third-order valence-electron chi connectivity index (χ3n) is 2.17. The van der Waals surface area contributed by atoms with Gasteiger partial charge in [-0.1, -0.05) is 22.9 Å². The van der Waals surface area contributed by atoms with Crippen LogP contribution in [-0.2, 0) is 6.18 Å². The Hall–Kier alpha value is -1.28. The SMILES string of the molecule is CCCN=C(NN)Nc1ccc(Br)cc1C(F)(F)F. The molecule has 0 aliphatic rings. The van der Waals surface area contributed by atoms with E-state index in [0.717, 1.165) is 12.5 Å². The first kappa shape index (κ1) is 15.8.